The van der Waals surface area contributed by atoms with Crippen LogP contribution in [0.4, 0.5) is 5.69 Å². The van der Waals surface area contributed by atoms with Crippen LogP contribution in [0.5, 0.6) is 0 Å². The van der Waals surface area contributed by atoms with Gasteiger partial charge in [0.25, 0.3) is 0 Å². The van der Waals surface area contributed by atoms with Gasteiger partial charge in [0.2, 0.25) is 5.91 Å². The first kappa shape index (κ1) is 18.2. The molecule has 128 valence electrons. The molecule has 2 N–H and O–H groups in total. The van der Waals surface area contributed by atoms with Gasteiger partial charge in [0.1, 0.15) is 0 Å². The molecule has 0 aromatic heterocycles. The van der Waals surface area contributed by atoms with E-state index in [9.17, 15) is 4.79 Å². The first-order valence-electron chi connectivity index (χ1n) is 8.43. The van der Waals surface area contributed by atoms with Crippen LogP contribution >= 0.6 is 0 Å². The molecule has 24 heavy (non-hydrogen) atoms. The predicted molar refractivity (Wildman–Crippen MR) is 101 cm³/mol. The van der Waals surface area contributed by atoms with Gasteiger partial charge >= 0.3 is 0 Å². The quantitative estimate of drug-likeness (QED) is 0.842. The second-order valence-corrected chi connectivity index (χ2v) is 7.46. The van der Waals surface area contributed by atoms with Gasteiger partial charge in [0.15, 0.2) is 0 Å². The van der Waals surface area contributed by atoms with E-state index in [-0.39, 0.29) is 23.9 Å². The van der Waals surface area contributed by atoms with Crippen LogP contribution in [0.15, 0.2) is 48.5 Å². The summed E-state index contributed by atoms with van der Waals surface area (Å²) in [5.41, 5.74) is 4.37. The van der Waals surface area contributed by atoms with Crippen LogP contribution in [-0.2, 0) is 4.79 Å². The molecule has 0 fully saturated rings. The molecule has 3 nitrogen and oxygen atoms in total. The Morgan fingerprint density at radius 2 is 1.71 bits per heavy atom. The van der Waals surface area contributed by atoms with E-state index in [0.717, 1.165) is 11.3 Å². The van der Waals surface area contributed by atoms with Crippen molar-refractivity contribution in [2.45, 2.75) is 40.7 Å². The normalized spacial score (nSPS) is 12.7. The fourth-order valence-corrected chi connectivity index (χ4v) is 2.91. The summed E-state index contributed by atoms with van der Waals surface area (Å²) in [6, 6.07) is 16.4. The van der Waals surface area contributed by atoms with Gasteiger partial charge in [-0.3, -0.25) is 4.79 Å². The van der Waals surface area contributed by atoms with Crippen molar-refractivity contribution in [3.63, 3.8) is 0 Å². The molecule has 3 heteroatoms. The summed E-state index contributed by atoms with van der Waals surface area (Å²) in [7, 11) is 0. The van der Waals surface area contributed by atoms with Crippen molar-refractivity contribution in [2.24, 2.45) is 5.41 Å². The lowest BCUT2D eigenvalue weighted by Gasteiger charge is -2.32. The summed E-state index contributed by atoms with van der Waals surface area (Å²) in [6.45, 7) is 10.9. The number of rotatable bonds is 5. The average molecular weight is 324 g/mol. The maximum Gasteiger partial charge on any atom is 0.238 e. The molecule has 1 atom stereocenters. The minimum Gasteiger partial charge on any atom is -0.325 e. The Bertz CT molecular complexity index is 687. The van der Waals surface area contributed by atoms with Gasteiger partial charge < -0.3 is 10.6 Å². The third-order valence-electron chi connectivity index (χ3n) is 4.12. The molecule has 0 radical (unpaired) electrons. The molecule has 1 unspecified atom stereocenters. The predicted octanol–water partition coefficient (Wildman–Crippen LogP) is 4.62. The molecular formula is C21H28N2O. The lowest BCUT2D eigenvalue weighted by molar-refractivity contribution is -0.115. The van der Waals surface area contributed by atoms with Crippen LogP contribution in [0.3, 0.4) is 0 Å². The Hall–Kier alpha value is -2.13. The highest BCUT2D eigenvalue weighted by atomic mass is 16.1. The minimum absolute atomic E-state index is 0.0153. The van der Waals surface area contributed by atoms with E-state index in [4.69, 9.17) is 0 Å². The number of hydrogen-bond donors (Lipinski definition) is 2. The SMILES string of the molecule is Cc1ccc(NC(=O)CNC(c2ccccc2)C(C)(C)C)c(C)c1. The first-order valence-corrected chi connectivity index (χ1v) is 8.43. The highest BCUT2D eigenvalue weighted by Gasteiger charge is 2.26. The number of benzene rings is 2. The Balaban J connectivity index is 2.02. The molecule has 1 amide bonds. The van der Waals surface area contributed by atoms with E-state index in [1.165, 1.54) is 11.1 Å². The average Bonchev–Trinajstić information content (AvgIpc) is 2.50. The third-order valence-corrected chi connectivity index (χ3v) is 4.12. The largest absolute Gasteiger partial charge is 0.325 e. The van der Waals surface area contributed by atoms with E-state index in [1.54, 1.807) is 0 Å². The zero-order chi connectivity index (χ0) is 17.7. The van der Waals surface area contributed by atoms with Crippen LogP contribution in [0.1, 0.15) is 43.5 Å². The van der Waals surface area contributed by atoms with Gasteiger partial charge in [0.05, 0.1) is 6.54 Å². The van der Waals surface area contributed by atoms with E-state index < -0.39 is 0 Å². The number of aryl methyl sites for hydroxylation is 2. The summed E-state index contributed by atoms with van der Waals surface area (Å²) in [4.78, 5) is 12.3. The van der Waals surface area contributed by atoms with Gasteiger partial charge in [-0.1, -0.05) is 68.8 Å². The maximum atomic E-state index is 12.3. The van der Waals surface area contributed by atoms with Crippen molar-refractivity contribution in [1.29, 1.82) is 0 Å². The van der Waals surface area contributed by atoms with Crippen LogP contribution in [0.25, 0.3) is 0 Å². The zero-order valence-electron chi connectivity index (χ0n) is 15.3. The van der Waals surface area contributed by atoms with Crippen molar-refractivity contribution >= 4 is 11.6 Å². The monoisotopic (exact) mass is 324 g/mol. The number of anilines is 1. The highest BCUT2D eigenvalue weighted by Crippen LogP contribution is 2.32. The molecule has 0 saturated heterocycles. The van der Waals surface area contributed by atoms with Gasteiger partial charge in [-0.2, -0.15) is 0 Å². The van der Waals surface area contributed by atoms with Gasteiger partial charge in [-0.15, -0.1) is 0 Å². The summed E-state index contributed by atoms with van der Waals surface area (Å²) in [5, 5.41) is 6.41. The number of carbonyl (C=O) groups excluding carboxylic acids is 1. The maximum absolute atomic E-state index is 12.3. The Kier molecular flexibility index (Phi) is 5.79. The lowest BCUT2D eigenvalue weighted by atomic mass is 9.82. The molecule has 2 aromatic carbocycles. The van der Waals surface area contributed by atoms with E-state index in [2.05, 4.69) is 49.6 Å². The molecule has 0 saturated carbocycles. The molecule has 0 aliphatic heterocycles. The second-order valence-electron chi connectivity index (χ2n) is 7.46. The summed E-state index contributed by atoms with van der Waals surface area (Å²) >= 11 is 0. The molecule has 0 heterocycles. The molecule has 0 aliphatic rings. The molecule has 0 aliphatic carbocycles. The number of carbonyl (C=O) groups is 1. The Morgan fingerprint density at radius 1 is 1.04 bits per heavy atom. The van der Waals surface area contributed by atoms with Crippen molar-refractivity contribution < 1.29 is 4.79 Å². The summed E-state index contributed by atoms with van der Waals surface area (Å²) < 4.78 is 0. The zero-order valence-corrected chi connectivity index (χ0v) is 15.3. The smallest absolute Gasteiger partial charge is 0.238 e. The third kappa shape index (κ3) is 4.93. The summed E-state index contributed by atoms with van der Waals surface area (Å²) in [5.74, 6) is -0.0212. The van der Waals surface area contributed by atoms with Crippen molar-refractivity contribution in [3.05, 3.63) is 65.2 Å². The van der Waals surface area contributed by atoms with Crippen molar-refractivity contribution in [1.82, 2.24) is 5.32 Å². The highest BCUT2D eigenvalue weighted by molar-refractivity contribution is 5.93. The van der Waals surface area contributed by atoms with Gasteiger partial charge in [-0.05, 0) is 36.5 Å². The fourth-order valence-electron chi connectivity index (χ4n) is 2.91. The van der Waals surface area contributed by atoms with E-state index >= 15 is 0 Å². The van der Waals surface area contributed by atoms with Crippen molar-refractivity contribution in [2.75, 3.05) is 11.9 Å². The Labute approximate surface area is 145 Å². The molecule has 2 aromatic rings. The molecule has 0 spiro atoms. The molecule has 2 rings (SSSR count). The number of nitrogens with one attached hydrogen (secondary N) is 2. The van der Waals surface area contributed by atoms with Crippen LogP contribution in [0.2, 0.25) is 0 Å². The molecule has 0 bridgehead atoms. The summed E-state index contributed by atoms with van der Waals surface area (Å²) in [6.07, 6.45) is 0. The van der Waals surface area contributed by atoms with Gasteiger partial charge in [-0.25, -0.2) is 0 Å². The fraction of sp³-hybridized carbons (Fsp3) is 0.381. The standard InChI is InChI=1S/C21H28N2O/c1-15-11-12-18(16(2)13-15)23-19(24)14-22-20(21(3,4)5)17-9-7-6-8-10-17/h6-13,20,22H,14H2,1-5H3,(H,23,24). The topological polar surface area (TPSA) is 41.1 Å². The lowest BCUT2D eigenvalue weighted by Crippen LogP contribution is -2.37. The second kappa shape index (κ2) is 7.63. The minimum atomic E-state index is -0.0212. The number of hydrogen-bond acceptors (Lipinski definition) is 2. The van der Waals surface area contributed by atoms with E-state index in [0.29, 0.717) is 0 Å². The molecular weight excluding hydrogens is 296 g/mol. The number of amides is 1. The Morgan fingerprint density at radius 3 is 2.29 bits per heavy atom. The van der Waals surface area contributed by atoms with Gasteiger partial charge in [0, 0.05) is 11.7 Å². The van der Waals surface area contributed by atoms with E-state index in [1.807, 2.05) is 44.2 Å². The van der Waals surface area contributed by atoms with Crippen molar-refractivity contribution in [3.8, 4) is 0 Å². The van der Waals surface area contributed by atoms with Crippen LogP contribution in [-0.4, -0.2) is 12.5 Å². The first-order chi connectivity index (χ1) is 11.3. The van der Waals surface area contributed by atoms with Crippen LogP contribution in [0, 0.1) is 19.3 Å². The van der Waals surface area contributed by atoms with Crippen LogP contribution < -0.4 is 10.6 Å².